The van der Waals surface area contributed by atoms with E-state index in [1.54, 1.807) is 12.1 Å². The van der Waals surface area contributed by atoms with Gasteiger partial charge in [-0.2, -0.15) is 0 Å². The molecule has 0 amide bonds. The Balaban J connectivity index is 2.04. The van der Waals surface area contributed by atoms with Gasteiger partial charge in [-0.15, -0.1) is 0 Å². The van der Waals surface area contributed by atoms with Crippen molar-refractivity contribution in [2.45, 2.75) is 11.4 Å². The summed E-state index contributed by atoms with van der Waals surface area (Å²) >= 11 is 0. The van der Waals surface area contributed by atoms with Crippen molar-refractivity contribution in [2.75, 3.05) is 17.4 Å². The summed E-state index contributed by atoms with van der Waals surface area (Å²) in [5.74, 6) is 0. The molecule has 1 aliphatic rings. The molecule has 0 radical (unpaired) electrons. The van der Waals surface area contributed by atoms with E-state index in [9.17, 15) is 18.5 Å². The molecule has 2 aromatic rings. The largest absolute Gasteiger partial charge is 0.311 e. The molecule has 0 aromatic heterocycles. The number of hydrogen-bond acceptors (Lipinski definition) is 5. The van der Waals surface area contributed by atoms with E-state index < -0.39 is 14.9 Å². The quantitative estimate of drug-likeness (QED) is 0.684. The number of nitro groups is 1. The number of fused-ring (bicyclic) bond motifs is 1. The van der Waals surface area contributed by atoms with Crippen LogP contribution >= 0.6 is 0 Å². The molecule has 0 saturated carbocycles. The first-order valence-corrected chi connectivity index (χ1v) is 8.50. The second kappa shape index (κ2) is 5.98. The number of nitrogens with zero attached hydrogens (tertiary/aromatic N) is 2. The third-order valence-corrected chi connectivity index (χ3v) is 5.53. The van der Waals surface area contributed by atoms with Crippen molar-refractivity contribution in [1.82, 2.24) is 5.32 Å². The van der Waals surface area contributed by atoms with Gasteiger partial charge in [0, 0.05) is 31.8 Å². The van der Waals surface area contributed by atoms with Gasteiger partial charge in [0.05, 0.1) is 15.5 Å². The van der Waals surface area contributed by atoms with Crippen molar-refractivity contribution in [3.8, 4) is 0 Å². The summed E-state index contributed by atoms with van der Waals surface area (Å²) in [5, 5.41) is 13.9. The highest BCUT2D eigenvalue weighted by molar-refractivity contribution is 7.92. The zero-order valence-electron chi connectivity index (χ0n) is 12.2. The number of non-ortho nitro benzene ring substituents is 1. The predicted octanol–water partition coefficient (Wildman–Crippen LogP) is 1.89. The molecule has 7 nitrogen and oxygen atoms in total. The van der Waals surface area contributed by atoms with E-state index >= 15 is 0 Å². The Bertz CT molecular complexity index is 834. The molecule has 1 heterocycles. The van der Waals surface area contributed by atoms with E-state index in [1.807, 2.05) is 12.1 Å². The van der Waals surface area contributed by atoms with Crippen LogP contribution in [0.1, 0.15) is 5.56 Å². The molecule has 0 atom stereocenters. The molecule has 3 rings (SSSR count). The minimum atomic E-state index is -3.77. The van der Waals surface area contributed by atoms with Crippen LogP contribution in [-0.2, 0) is 16.6 Å². The summed E-state index contributed by atoms with van der Waals surface area (Å²) in [6.45, 7) is 1.43. The molecular formula is C15H15N3O4S. The lowest BCUT2D eigenvalue weighted by Gasteiger charge is -2.24. The number of para-hydroxylation sites is 1. The highest BCUT2D eigenvalue weighted by atomic mass is 32.2. The van der Waals surface area contributed by atoms with Crippen LogP contribution in [0, 0.1) is 10.1 Å². The highest BCUT2D eigenvalue weighted by Gasteiger charge is 2.28. The summed E-state index contributed by atoms with van der Waals surface area (Å²) in [4.78, 5) is 10.2. The van der Waals surface area contributed by atoms with Crippen LogP contribution in [0.3, 0.4) is 0 Å². The van der Waals surface area contributed by atoms with Crippen LogP contribution < -0.4 is 9.62 Å². The average Bonchev–Trinajstić information content (AvgIpc) is 2.77. The third kappa shape index (κ3) is 2.90. The molecule has 0 spiro atoms. The molecule has 0 bridgehead atoms. The summed E-state index contributed by atoms with van der Waals surface area (Å²) in [5.41, 5.74) is 1.40. The number of nitrogens with one attached hydrogen (secondary N) is 1. The number of benzene rings is 2. The van der Waals surface area contributed by atoms with Gasteiger partial charge in [-0.3, -0.25) is 14.4 Å². The van der Waals surface area contributed by atoms with Gasteiger partial charge in [0.1, 0.15) is 0 Å². The summed E-state index contributed by atoms with van der Waals surface area (Å²) in [7, 11) is -3.77. The van der Waals surface area contributed by atoms with Gasteiger partial charge in [0.2, 0.25) is 0 Å². The Morgan fingerprint density at radius 3 is 2.48 bits per heavy atom. The lowest BCUT2D eigenvalue weighted by Crippen LogP contribution is -2.34. The topological polar surface area (TPSA) is 92.5 Å². The second-order valence-corrected chi connectivity index (χ2v) is 7.00. The van der Waals surface area contributed by atoms with Gasteiger partial charge in [-0.25, -0.2) is 8.42 Å². The molecule has 23 heavy (non-hydrogen) atoms. The Kier molecular flexibility index (Phi) is 4.01. The van der Waals surface area contributed by atoms with Crippen molar-refractivity contribution in [3.63, 3.8) is 0 Å². The van der Waals surface area contributed by atoms with Crippen LogP contribution in [0.15, 0.2) is 53.4 Å². The first kappa shape index (κ1) is 15.4. The molecule has 0 fully saturated rings. The fraction of sp³-hybridized carbons (Fsp3) is 0.200. The molecule has 0 saturated heterocycles. The Morgan fingerprint density at radius 1 is 1.09 bits per heavy atom. The summed E-state index contributed by atoms with van der Waals surface area (Å²) in [6.07, 6.45) is 0. The average molecular weight is 333 g/mol. The lowest BCUT2D eigenvalue weighted by atomic mass is 10.2. The Morgan fingerprint density at radius 2 is 1.78 bits per heavy atom. The highest BCUT2D eigenvalue weighted by Crippen LogP contribution is 2.28. The summed E-state index contributed by atoms with van der Waals surface area (Å²) < 4.78 is 27.2. The smallest absolute Gasteiger partial charge is 0.269 e. The second-order valence-electron chi connectivity index (χ2n) is 5.13. The number of sulfonamides is 1. The number of nitro benzene ring substituents is 1. The van der Waals surface area contributed by atoms with Crippen molar-refractivity contribution in [2.24, 2.45) is 0 Å². The molecule has 0 aliphatic carbocycles. The van der Waals surface area contributed by atoms with E-state index in [0.29, 0.717) is 25.3 Å². The predicted molar refractivity (Wildman–Crippen MR) is 85.8 cm³/mol. The molecule has 8 heteroatoms. The van der Waals surface area contributed by atoms with Gasteiger partial charge in [-0.05, 0) is 23.8 Å². The standard InChI is InChI=1S/C15H15N3O4S/c19-18(20)13-5-7-14(8-6-13)23(21,22)17-10-9-16-11-12-3-1-2-4-15(12)17/h1-8,16H,9-11H2. The van der Waals surface area contributed by atoms with Crippen molar-refractivity contribution in [3.05, 3.63) is 64.2 Å². The van der Waals surface area contributed by atoms with Crippen LogP contribution in [0.2, 0.25) is 0 Å². The zero-order valence-corrected chi connectivity index (χ0v) is 13.0. The van der Waals surface area contributed by atoms with Crippen molar-refractivity contribution < 1.29 is 13.3 Å². The number of hydrogen-bond donors (Lipinski definition) is 1. The van der Waals surface area contributed by atoms with Gasteiger partial charge in [0.15, 0.2) is 0 Å². The van der Waals surface area contributed by atoms with Gasteiger partial charge in [-0.1, -0.05) is 18.2 Å². The molecular weight excluding hydrogens is 318 g/mol. The van der Waals surface area contributed by atoms with E-state index in [1.165, 1.54) is 28.6 Å². The van der Waals surface area contributed by atoms with E-state index in [4.69, 9.17) is 0 Å². The maximum absolute atomic E-state index is 12.9. The molecule has 1 aliphatic heterocycles. The van der Waals surface area contributed by atoms with E-state index in [0.717, 1.165) is 5.56 Å². The monoisotopic (exact) mass is 333 g/mol. The van der Waals surface area contributed by atoms with Gasteiger partial charge >= 0.3 is 0 Å². The Labute approximate surface area is 133 Å². The first-order valence-electron chi connectivity index (χ1n) is 7.06. The van der Waals surface area contributed by atoms with Crippen LogP contribution in [-0.4, -0.2) is 26.4 Å². The zero-order chi connectivity index (χ0) is 16.4. The number of anilines is 1. The van der Waals surface area contributed by atoms with E-state index in [2.05, 4.69) is 5.32 Å². The summed E-state index contributed by atoms with van der Waals surface area (Å²) in [6, 6.07) is 12.3. The third-order valence-electron chi connectivity index (χ3n) is 3.70. The van der Waals surface area contributed by atoms with Crippen LogP contribution in [0.25, 0.3) is 0 Å². The minimum absolute atomic E-state index is 0.0415. The van der Waals surface area contributed by atoms with Crippen LogP contribution in [0.4, 0.5) is 11.4 Å². The van der Waals surface area contributed by atoms with Crippen LogP contribution in [0.5, 0.6) is 0 Å². The molecule has 120 valence electrons. The van der Waals surface area contributed by atoms with Gasteiger partial charge < -0.3 is 5.32 Å². The maximum Gasteiger partial charge on any atom is 0.269 e. The number of rotatable bonds is 3. The maximum atomic E-state index is 12.9. The minimum Gasteiger partial charge on any atom is -0.311 e. The van der Waals surface area contributed by atoms with Crippen molar-refractivity contribution in [1.29, 1.82) is 0 Å². The molecule has 1 N–H and O–H groups in total. The van der Waals surface area contributed by atoms with Gasteiger partial charge in [0.25, 0.3) is 15.7 Å². The van der Waals surface area contributed by atoms with Crippen molar-refractivity contribution >= 4 is 21.4 Å². The fourth-order valence-electron chi connectivity index (χ4n) is 2.54. The normalized spacial score (nSPS) is 14.9. The Hall–Kier alpha value is -2.45. The molecule has 0 unspecified atom stereocenters. The SMILES string of the molecule is O=[N+]([O-])c1ccc(S(=O)(=O)N2CCNCc3ccccc32)cc1. The van der Waals surface area contributed by atoms with E-state index in [-0.39, 0.29) is 10.6 Å². The molecule has 2 aromatic carbocycles. The first-order chi connectivity index (χ1) is 11.0. The fourth-order valence-corrected chi connectivity index (χ4v) is 4.05. The lowest BCUT2D eigenvalue weighted by molar-refractivity contribution is -0.384.